The van der Waals surface area contributed by atoms with Gasteiger partial charge in [0.2, 0.25) is 15.9 Å². The highest BCUT2D eigenvalue weighted by Crippen LogP contribution is 2.45. The molecule has 1 amide bonds. The summed E-state index contributed by atoms with van der Waals surface area (Å²) in [5, 5.41) is 0. The molecule has 0 aromatic heterocycles. The molecule has 1 N–H and O–H groups in total. The summed E-state index contributed by atoms with van der Waals surface area (Å²) in [4.78, 5) is 26.1. The van der Waals surface area contributed by atoms with Crippen LogP contribution in [0.2, 0.25) is 0 Å². The maximum atomic E-state index is 12.9. The van der Waals surface area contributed by atoms with Crippen molar-refractivity contribution in [2.24, 2.45) is 5.41 Å². The van der Waals surface area contributed by atoms with Crippen molar-refractivity contribution in [3.63, 3.8) is 0 Å². The number of anilines is 1. The predicted molar refractivity (Wildman–Crippen MR) is 86.9 cm³/mol. The molecule has 1 spiro atoms. The van der Waals surface area contributed by atoms with Crippen LogP contribution in [0.3, 0.4) is 0 Å². The lowest BCUT2D eigenvalue weighted by atomic mass is 9.75. The Hall–Kier alpha value is -1.89. The summed E-state index contributed by atoms with van der Waals surface area (Å²) < 4.78 is 25.1. The summed E-state index contributed by atoms with van der Waals surface area (Å²) in [5.74, 6) is 0.121. The number of Topliss-reactive ketones (excluding diaryl/α,β-unsaturated/α-hetero) is 1. The van der Waals surface area contributed by atoms with Gasteiger partial charge < -0.3 is 4.90 Å². The number of carbonyl (C=O) groups is 2. The molecule has 0 bridgehead atoms. The van der Waals surface area contributed by atoms with Crippen molar-refractivity contribution < 1.29 is 18.0 Å². The molecular weight excluding hydrogens is 316 g/mol. The molecule has 1 aromatic rings. The number of sulfonamides is 1. The van der Waals surface area contributed by atoms with E-state index in [2.05, 4.69) is 4.72 Å². The van der Waals surface area contributed by atoms with Crippen molar-refractivity contribution in [2.45, 2.75) is 26.2 Å². The van der Waals surface area contributed by atoms with E-state index in [4.69, 9.17) is 0 Å². The van der Waals surface area contributed by atoms with Crippen LogP contribution in [0, 0.1) is 5.41 Å². The zero-order chi connectivity index (χ0) is 16.8. The van der Waals surface area contributed by atoms with Gasteiger partial charge >= 0.3 is 0 Å². The molecule has 124 valence electrons. The van der Waals surface area contributed by atoms with Crippen molar-refractivity contribution in [1.82, 2.24) is 4.90 Å². The van der Waals surface area contributed by atoms with E-state index in [0.717, 1.165) is 11.8 Å². The van der Waals surface area contributed by atoms with E-state index in [1.165, 1.54) is 0 Å². The second-order valence-electron chi connectivity index (χ2n) is 6.54. The molecule has 0 unspecified atom stereocenters. The molecular formula is C16H20N2O4S. The van der Waals surface area contributed by atoms with Crippen molar-refractivity contribution in [3.05, 3.63) is 29.3 Å². The van der Waals surface area contributed by atoms with Gasteiger partial charge in [-0.15, -0.1) is 0 Å². The molecule has 3 rings (SSSR count). The van der Waals surface area contributed by atoms with E-state index in [-0.39, 0.29) is 11.7 Å². The van der Waals surface area contributed by atoms with E-state index in [1.807, 2.05) is 6.07 Å². The fourth-order valence-electron chi connectivity index (χ4n) is 3.60. The molecule has 6 nitrogen and oxygen atoms in total. The number of nitrogens with one attached hydrogen (secondary N) is 1. The van der Waals surface area contributed by atoms with Gasteiger partial charge in [0, 0.05) is 36.7 Å². The van der Waals surface area contributed by atoms with Crippen LogP contribution in [0.4, 0.5) is 5.69 Å². The van der Waals surface area contributed by atoms with Crippen LogP contribution in [0.25, 0.3) is 0 Å². The van der Waals surface area contributed by atoms with Crippen LogP contribution >= 0.6 is 0 Å². The lowest BCUT2D eigenvalue weighted by molar-refractivity contribution is -0.130. The number of piperidine rings is 1. The molecule has 1 fully saturated rings. The molecule has 1 aromatic carbocycles. The monoisotopic (exact) mass is 336 g/mol. The maximum absolute atomic E-state index is 12.9. The first-order chi connectivity index (χ1) is 10.7. The van der Waals surface area contributed by atoms with Crippen molar-refractivity contribution in [3.8, 4) is 0 Å². The number of hydrogen-bond acceptors (Lipinski definition) is 4. The number of amides is 1. The number of fused-ring (bicyclic) bond motifs is 1. The summed E-state index contributed by atoms with van der Waals surface area (Å²) in [5.41, 5.74) is 1.55. The van der Waals surface area contributed by atoms with Crippen LogP contribution < -0.4 is 4.72 Å². The van der Waals surface area contributed by atoms with Crippen LogP contribution in [0.15, 0.2) is 18.2 Å². The van der Waals surface area contributed by atoms with E-state index in [0.29, 0.717) is 43.6 Å². The van der Waals surface area contributed by atoms with Gasteiger partial charge in [0.15, 0.2) is 5.78 Å². The van der Waals surface area contributed by atoms with E-state index in [9.17, 15) is 18.0 Å². The van der Waals surface area contributed by atoms with Gasteiger partial charge in [-0.1, -0.05) is 6.07 Å². The molecule has 0 saturated carbocycles. The van der Waals surface area contributed by atoms with Gasteiger partial charge in [0.25, 0.3) is 0 Å². The Morgan fingerprint density at radius 1 is 1.26 bits per heavy atom. The number of likely N-dealkylation sites (tertiary alicyclic amines) is 1. The summed E-state index contributed by atoms with van der Waals surface area (Å²) in [6.07, 6.45) is 3.08. The number of carbonyl (C=O) groups excluding carboxylic acids is 2. The maximum Gasteiger partial charge on any atom is 0.229 e. The average Bonchev–Trinajstić information content (AvgIpc) is 2.71. The first kappa shape index (κ1) is 16.0. The number of benzene rings is 1. The Bertz CT molecular complexity index is 777. The number of rotatable bonds is 2. The highest BCUT2D eigenvalue weighted by atomic mass is 32.2. The zero-order valence-electron chi connectivity index (χ0n) is 13.3. The second-order valence-corrected chi connectivity index (χ2v) is 8.29. The summed E-state index contributed by atoms with van der Waals surface area (Å²) in [6.45, 7) is 2.75. The van der Waals surface area contributed by atoms with Crippen LogP contribution in [0.1, 0.15) is 35.7 Å². The summed E-state index contributed by atoms with van der Waals surface area (Å²) in [6, 6.07) is 5.15. The zero-order valence-corrected chi connectivity index (χ0v) is 14.1. The largest absolute Gasteiger partial charge is 0.343 e. The molecule has 1 heterocycles. The first-order valence-electron chi connectivity index (χ1n) is 7.61. The Morgan fingerprint density at radius 2 is 1.91 bits per heavy atom. The number of hydrogen-bond donors (Lipinski definition) is 1. The number of ketones is 1. The van der Waals surface area contributed by atoms with Gasteiger partial charge in [-0.2, -0.15) is 0 Å². The Labute approximate surface area is 135 Å². The summed E-state index contributed by atoms with van der Waals surface area (Å²) in [7, 11) is -3.37. The molecule has 7 heteroatoms. The second kappa shape index (κ2) is 5.33. The van der Waals surface area contributed by atoms with Gasteiger partial charge in [0.1, 0.15) is 0 Å². The molecule has 1 saturated heterocycles. The third-order valence-electron chi connectivity index (χ3n) is 4.83. The Kier molecular flexibility index (Phi) is 3.71. The van der Waals surface area contributed by atoms with Crippen molar-refractivity contribution in [2.75, 3.05) is 24.1 Å². The quantitative estimate of drug-likeness (QED) is 0.885. The fraction of sp³-hybridized carbons (Fsp3) is 0.500. The average molecular weight is 336 g/mol. The van der Waals surface area contributed by atoms with Crippen LogP contribution in [-0.4, -0.2) is 44.4 Å². The third kappa shape index (κ3) is 2.97. The van der Waals surface area contributed by atoms with E-state index >= 15 is 0 Å². The van der Waals surface area contributed by atoms with Gasteiger partial charge in [-0.05, 0) is 37.0 Å². The van der Waals surface area contributed by atoms with Crippen LogP contribution in [-0.2, 0) is 21.2 Å². The molecule has 0 atom stereocenters. The normalized spacial score (nSPS) is 19.7. The summed E-state index contributed by atoms with van der Waals surface area (Å²) >= 11 is 0. The molecule has 1 aliphatic heterocycles. The van der Waals surface area contributed by atoms with Gasteiger partial charge in [-0.25, -0.2) is 8.42 Å². The minimum atomic E-state index is -3.37. The molecule has 2 aliphatic rings. The predicted octanol–water partition coefficient (Wildman–Crippen LogP) is 1.43. The standard InChI is InChI=1S/C16H20N2O4S/c1-11(19)18-7-5-16(6-8-18)10-12-3-4-13(17-23(2,21)22)9-14(12)15(16)20/h3-4,9,17H,5-8,10H2,1-2H3. The third-order valence-corrected chi connectivity index (χ3v) is 5.44. The minimum Gasteiger partial charge on any atom is -0.343 e. The molecule has 0 radical (unpaired) electrons. The van der Waals surface area contributed by atoms with Gasteiger partial charge in [0.05, 0.1) is 6.26 Å². The van der Waals surface area contributed by atoms with Gasteiger partial charge in [-0.3, -0.25) is 14.3 Å². The van der Waals surface area contributed by atoms with E-state index < -0.39 is 15.4 Å². The van der Waals surface area contributed by atoms with Crippen molar-refractivity contribution in [1.29, 1.82) is 0 Å². The minimum absolute atomic E-state index is 0.0439. The molecule has 1 aliphatic carbocycles. The Balaban J connectivity index is 1.84. The topological polar surface area (TPSA) is 83.6 Å². The highest BCUT2D eigenvalue weighted by molar-refractivity contribution is 7.92. The SMILES string of the molecule is CC(=O)N1CCC2(CC1)Cc1ccc(NS(C)(=O)=O)cc1C2=O. The first-order valence-corrected chi connectivity index (χ1v) is 9.50. The lowest BCUT2D eigenvalue weighted by Crippen LogP contribution is -2.44. The van der Waals surface area contributed by atoms with E-state index in [1.54, 1.807) is 24.0 Å². The Morgan fingerprint density at radius 3 is 2.48 bits per heavy atom. The molecule has 23 heavy (non-hydrogen) atoms. The highest BCUT2D eigenvalue weighted by Gasteiger charge is 2.47. The smallest absolute Gasteiger partial charge is 0.229 e. The fourth-order valence-corrected chi connectivity index (χ4v) is 4.16. The van der Waals surface area contributed by atoms with Crippen molar-refractivity contribution >= 4 is 27.4 Å². The lowest BCUT2D eigenvalue weighted by Gasteiger charge is -2.37. The number of nitrogens with zero attached hydrogens (tertiary/aromatic N) is 1. The van der Waals surface area contributed by atoms with Crippen LogP contribution in [0.5, 0.6) is 0 Å².